The number of rotatable bonds is 1. The average molecular weight is 288 g/mol. The molecule has 0 nitrogen and oxygen atoms in total. The lowest BCUT2D eigenvalue weighted by Crippen LogP contribution is -2.43. The highest BCUT2D eigenvalue weighted by atomic mass is 19.4. The van der Waals surface area contributed by atoms with E-state index in [1.54, 1.807) is 0 Å². The maximum atomic E-state index is 12.7. The Morgan fingerprint density at radius 1 is 0.889 bits per heavy atom. The van der Waals surface area contributed by atoms with Crippen LogP contribution >= 0.6 is 0 Å². The molecule has 0 bridgehead atoms. The van der Waals surface area contributed by atoms with E-state index in [0.717, 1.165) is 0 Å². The van der Waals surface area contributed by atoms with E-state index in [9.17, 15) is 39.5 Å². The van der Waals surface area contributed by atoms with Gasteiger partial charge in [0.25, 0.3) is 0 Å². The Balaban J connectivity index is 3.27. The highest BCUT2D eigenvalue weighted by Crippen LogP contribution is 2.76. The van der Waals surface area contributed by atoms with E-state index in [1.165, 1.54) is 0 Å². The second-order valence-corrected chi connectivity index (χ2v) is 4.50. The van der Waals surface area contributed by atoms with Gasteiger partial charge in [0.2, 0.25) is 0 Å². The minimum absolute atomic E-state index is 0.149. The monoisotopic (exact) mass is 288 g/mol. The molecule has 1 fully saturated rings. The summed E-state index contributed by atoms with van der Waals surface area (Å²) in [5.41, 5.74) is -3.76. The average Bonchev–Trinajstić information content (AvgIpc) is 2.67. The van der Waals surface area contributed by atoms with Gasteiger partial charge in [0.1, 0.15) is 0 Å². The summed E-state index contributed by atoms with van der Waals surface area (Å²) in [5.74, 6) is -8.22. The SMILES string of the molecule is CC1C(C(F)(F)F)C1(C(C)C(F)(F)F)C(F)(F)F. The number of hydrogen-bond acceptors (Lipinski definition) is 0. The molecule has 9 heteroatoms. The van der Waals surface area contributed by atoms with Gasteiger partial charge in [-0.25, -0.2) is 0 Å². The van der Waals surface area contributed by atoms with Crippen LogP contribution in [0.15, 0.2) is 0 Å². The van der Waals surface area contributed by atoms with Crippen molar-refractivity contribution in [3.8, 4) is 0 Å². The molecule has 0 amide bonds. The summed E-state index contributed by atoms with van der Waals surface area (Å²) in [6, 6.07) is 0. The van der Waals surface area contributed by atoms with Gasteiger partial charge >= 0.3 is 18.5 Å². The van der Waals surface area contributed by atoms with Crippen LogP contribution in [0.4, 0.5) is 39.5 Å². The summed E-state index contributed by atoms with van der Waals surface area (Å²) in [7, 11) is 0. The minimum atomic E-state index is -5.55. The lowest BCUT2D eigenvalue weighted by molar-refractivity contribution is -0.283. The Labute approximate surface area is 96.1 Å². The Morgan fingerprint density at radius 2 is 1.28 bits per heavy atom. The molecule has 4 atom stereocenters. The first-order valence-corrected chi connectivity index (χ1v) is 4.88. The van der Waals surface area contributed by atoms with E-state index >= 15 is 0 Å². The standard InChI is InChI=1S/C9H9F9/c1-3-5(8(13,14)15)6(3,9(16,17)18)4(2)7(10,11)12/h3-5H,1-2H3. The zero-order valence-corrected chi connectivity index (χ0v) is 9.13. The number of halogens is 9. The van der Waals surface area contributed by atoms with Crippen LogP contribution < -0.4 is 0 Å². The van der Waals surface area contributed by atoms with Crippen LogP contribution in [0.3, 0.4) is 0 Å². The van der Waals surface area contributed by atoms with Crippen LogP contribution in [0, 0.1) is 23.2 Å². The fraction of sp³-hybridized carbons (Fsp3) is 1.00. The molecule has 0 aromatic rings. The third-order valence-electron chi connectivity index (χ3n) is 3.71. The first-order valence-electron chi connectivity index (χ1n) is 4.88. The number of hydrogen-bond donors (Lipinski definition) is 0. The molecular formula is C9H9F9. The van der Waals surface area contributed by atoms with Crippen molar-refractivity contribution in [3.63, 3.8) is 0 Å². The van der Waals surface area contributed by atoms with Crippen LogP contribution in [0.5, 0.6) is 0 Å². The molecule has 0 saturated heterocycles. The Kier molecular flexibility index (Phi) is 3.16. The molecule has 18 heavy (non-hydrogen) atoms. The van der Waals surface area contributed by atoms with Crippen LogP contribution in [-0.4, -0.2) is 18.5 Å². The first kappa shape index (κ1) is 15.4. The second-order valence-electron chi connectivity index (χ2n) is 4.50. The fourth-order valence-corrected chi connectivity index (χ4v) is 2.76. The molecule has 0 aliphatic heterocycles. The van der Waals surface area contributed by atoms with Gasteiger partial charge in [0.05, 0.1) is 17.3 Å². The predicted molar refractivity (Wildman–Crippen MR) is 42.4 cm³/mol. The van der Waals surface area contributed by atoms with E-state index in [2.05, 4.69) is 0 Å². The van der Waals surface area contributed by atoms with Crippen LogP contribution in [0.25, 0.3) is 0 Å². The van der Waals surface area contributed by atoms with Crippen molar-refractivity contribution in [2.75, 3.05) is 0 Å². The molecule has 4 unspecified atom stereocenters. The summed E-state index contributed by atoms with van der Waals surface area (Å²) < 4.78 is 112. The molecule has 0 aromatic heterocycles. The molecular weight excluding hydrogens is 279 g/mol. The maximum Gasteiger partial charge on any atom is 0.395 e. The van der Waals surface area contributed by atoms with Gasteiger partial charge in [-0.05, 0) is 5.92 Å². The zero-order chi connectivity index (χ0) is 14.7. The summed E-state index contributed by atoms with van der Waals surface area (Å²) in [6.45, 7) is 0.698. The van der Waals surface area contributed by atoms with Crippen molar-refractivity contribution < 1.29 is 39.5 Å². The van der Waals surface area contributed by atoms with Crippen molar-refractivity contribution in [2.45, 2.75) is 32.4 Å². The van der Waals surface area contributed by atoms with E-state index in [4.69, 9.17) is 0 Å². The molecule has 1 rings (SSSR count). The molecule has 108 valence electrons. The minimum Gasteiger partial charge on any atom is -0.171 e. The fourth-order valence-electron chi connectivity index (χ4n) is 2.76. The van der Waals surface area contributed by atoms with Gasteiger partial charge < -0.3 is 0 Å². The van der Waals surface area contributed by atoms with Gasteiger partial charge in [0, 0.05) is 0 Å². The van der Waals surface area contributed by atoms with Crippen molar-refractivity contribution in [3.05, 3.63) is 0 Å². The van der Waals surface area contributed by atoms with E-state index in [-0.39, 0.29) is 6.92 Å². The third-order valence-corrected chi connectivity index (χ3v) is 3.71. The maximum absolute atomic E-state index is 12.7. The van der Waals surface area contributed by atoms with Crippen molar-refractivity contribution >= 4 is 0 Å². The van der Waals surface area contributed by atoms with Crippen LogP contribution in [0.2, 0.25) is 0 Å². The Hall–Kier alpha value is -0.630. The van der Waals surface area contributed by atoms with Gasteiger partial charge in [-0.2, -0.15) is 39.5 Å². The Morgan fingerprint density at radius 3 is 1.44 bits per heavy atom. The van der Waals surface area contributed by atoms with Crippen LogP contribution in [0.1, 0.15) is 13.8 Å². The molecule has 1 aliphatic carbocycles. The Bertz CT molecular complexity index is 304. The van der Waals surface area contributed by atoms with Gasteiger partial charge in [-0.15, -0.1) is 0 Å². The molecule has 0 aromatic carbocycles. The highest BCUT2D eigenvalue weighted by Gasteiger charge is 2.87. The van der Waals surface area contributed by atoms with Gasteiger partial charge in [-0.1, -0.05) is 13.8 Å². The molecule has 1 aliphatic rings. The highest BCUT2D eigenvalue weighted by molar-refractivity contribution is 5.18. The molecule has 0 spiro atoms. The van der Waals surface area contributed by atoms with E-state index in [1.807, 2.05) is 0 Å². The summed E-state index contributed by atoms with van der Waals surface area (Å²) in [6.07, 6.45) is -16.2. The summed E-state index contributed by atoms with van der Waals surface area (Å²) in [4.78, 5) is 0. The largest absolute Gasteiger partial charge is 0.395 e. The first-order chi connectivity index (χ1) is 7.68. The zero-order valence-electron chi connectivity index (χ0n) is 9.13. The quantitative estimate of drug-likeness (QED) is 0.620. The van der Waals surface area contributed by atoms with E-state index < -0.39 is 41.7 Å². The molecule has 0 radical (unpaired) electrons. The third kappa shape index (κ3) is 1.95. The van der Waals surface area contributed by atoms with Crippen molar-refractivity contribution in [2.24, 2.45) is 23.2 Å². The van der Waals surface area contributed by atoms with Crippen molar-refractivity contribution in [1.82, 2.24) is 0 Å². The molecule has 0 heterocycles. The van der Waals surface area contributed by atoms with Gasteiger partial charge in [0.15, 0.2) is 0 Å². The lowest BCUT2D eigenvalue weighted by atomic mass is 9.85. The second kappa shape index (κ2) is 3.69. The predicted octanol–water partition coefficient (Wildman–Crippen LogP) is 4.56. The van der Waals surface area contributed by atoms with Crippen LogP contribution in [-0.2, 0) is 0 Å². The lowest BCUT2D eigenvalue weighted by Gasteiger charge is -2.30. The summed E-state index contributed by atoms with van der Waals surface area (Å²) >= 11 is 0. The number of alkyl halides is 9. The smallest absolute Gasteiger partial charge is 0.171 e. The summed E-state index contributed by atoms with van der Waals surface area (Å²) in [5, 5.41) is 0. The molecule has 0 N–H and O–H groups in total. The normalized spacial score (nSPS) is 35.5. The van der Waals surface area contributed by atoms with Crippen molar-refractivity contribution in [1.29, 1.82) is 0 Å². The van der Waals surface area contributed by atoms with E-state index in [0.29, 0.717) is 6.92 Å². The topological polar surface area (TPSA) is 0 Å². The van der Waals surface area contributed by atoms with Gasteiger partial charge in [-0.3, -0.25) is 0 Å². The molecule has 1 saturated carbocycles.